The fourth-order valence-electron chi connectivity index (χ4n) is 1.04. The van der Waals surface area contributed by atoms with E-state index in [1.54, 1.807) is 6.07 Å². The highest BCUT2D eigenvalue weighted by atomic mass is 35.5. The van der Waals surface area contributed by atoms with Gasteiger partial charge < -0.3 is 5.11 Å². The molecule has 0 fully saturated rings. The van der Waals surface area contributed by atoms with Crippen molar-refractivity contribution in [2.45, 2.75) is 26.2 Å². The summed E-state index contributed by atoms with van der Waals surface area (Å²) in [5.41, 5.74) is 0.234. The molecule has 0 aliphatic rings. The van der Waals surface area contributed by atoms with E-state index in [4.69, 9.17) is 16.7 Å². The first-order chi connectivity index (χ1) is 6.15. The van der Waals surface area contributed by atoms with Gasteiger partial charge in [-0.1, -0.05) is 24.9 Å². The first-order valence-electron chi connectivity index (χ1n) is 4.16. The molecule has 0 atom stereocenters. The fraction of sp³-hybridized carbons (Fsp3) is 0.444. The Labute approximate surface area is 86.2 Å². The predicted molar refractivity (Wildman–Crippen MR) is 54.9 cm³/mol. The molecule has 0 aliphatic heterocycles. The van der Waals surface area contributed by atoms with E-state index in [0.717, 1.165) is 24.1 Å². The number of hydrogen-bond acceptors (Lipinski definition) is 2. The summed E-state index contributed by atoms with van der Waals surface area (Å²) in [6, 6.07) is 1.67. The monoisotopic (exact) mass is 218 g/mol. The average molecular weight is 219 g/mol. The lowest BCUT2D eigenvalue weighted by molar-refractivity contribution is 0.0697. The number of aryl methyl sites for hydroxylation is 1. The van der Waals surface area contributed by atoms with Crippen LogP contribution in [0.3, 0.4) is 0 Å². The van der Waals surface area contributed by atoms with Crippen LogP contribution in [0, 0.1) is 0 Å². The zero-order chi connectivity index (χ0) is 9.84. The van der Waals surface area contributed by atoms with Crippen LogP contribution in [0.2, 0.25) is 4.34 Å². The molecule has 0 saturated heterocycles. The second-order valence-corrected chi connectivity index (χ2v) is 4.55. The van der Waals surface area contributed by atoms with Gasteiger partial charge in [0.05, 0.1) is 5.56 Å². The lowest BCUT2D eigenvalue weighted by Gasteiger charge is -1.91. The van der Waals surface area contributed by atoms with Gasteiger partial charge in [-0.25, -0.2) is 4.79 Å². The average Bonchev–Trinajstić information content (AvgIpc) is 2.43. The maximum Gasteiger partial charge on any atom is 0.338 e. The standard InChI is InChI=1S/C9H11ClO2S/c1-2-3-4-6-5-7(9(11)12)8(10)13-6/h5H,2-4H2,1H3,(H,11,12). The van der Waals surface area contributed by atoms with Crippen LogP contribution < -0.4 is 0 Å². The molecule has 0 spiro atoms. The number of thiophene rings is 1. The number of halogens is 1. The van der Waals surface area contributed by atoms with Crippen LogP contribution in [0.4, 0.5) is 0 Å². The summed E-state index contributed by atoms with van der Waals surface area (Å²) in [4.78, 5) is 11.7. The van der Waals surface area contributed by atoms with Gasteiger partial charge in [0.25, 0.3) is 0 Å². The minimum absolute atomic E-state index is 0.234. The number of aromatic carboxylic acids is 1. The molecular weight excluding hydrogens is 208 g/mol. The minimum Gasteiger partial charge on any atom is -0.478 e. The number of carboxylic acid groups (broad SMARTS) is 1. The van der Waals surface area contributed by atoms with Gasteiger partial charge in [-0.2, -0.15) is 0 Å². The topological polar surface area (TPSA) is 37.3 Å². The van der Waals surface area contributed by atoms with Crippen molar-refractivity contribution in [2.24, 2.45) is 0 Å². The van der Waals surface area contributed by atoms with Gasteiger partial charge >= 0.3 is 5.97 Å². The van der Waals surface area contributed by atoms with Crippen molar-refractivity contribution in [1.29, 1.82) is 0 Å². The SMILES string of the molecule is CCCCc1cc(C(=O)O)c(Cl)s1. The van der Waals surface area contributed by atoms with E-state index in [2.05, 4.69) is 6.92 Å². The first-order valence-corrected chi connectivity index (χ1v) is 5.36. The number of carboxylic acids is 1. The Morgan fingerprint density at radius 3 is 2.85 bits per heavy atom. The van der Waals surface area contributed by atoms with E-state index < -0.39 is 5.97 Å². The highest BCUT2D eigenvalue weighted by Gasteiger charge is 2.12. The van der Waals surface area contributed by atoms with E-state index >= 15 is 0 Å². The van der Waals surface area contributed by atoms with Gasteiger partial charge in [0.15, 0.2) is 0 Å². The normalized spacial score (nSPS) is 10.3. The highest BCUT2D eigenvalue weighted by Crippen LogP contribution is 2.28. The van der Waals surface area contributed by atoms with E-state index in [9.17, 15) is 4.79 Å². The number of hydrogen-bond donors (Lipinski definition) is 1. The predicted octanol–water partition coefficient (Wildman–Crippen LogP) is 3.44. The second-order valence-electron chi connectivity index (χ2n) is 2.81. The molecule has 1 aromatic rings. The molecule has 0 aliphatic carbocycles. The number of carbonyl (C=O) groups is 1. The van der Waals surface area contributed by atoms with Gasteiger partial charge in [0.2, 0.25) is 0 Å². The Bertz CT molecular complexity index is 307. The highest BCUT2D eigenvalue weighted by molar-refractivity contribution is 7.16. The Kier molecular flexibility index (Phi) is 3.75. The third-order valence-electron chi connectivity index (χ3n) is 1.74. The maximum atomic E-state index is 10.6. The maximum absolute atomic E-state index is 10.6. The Morgan fingerprint density at radius 1 is 1.69 bits per heavy atom. The first kappa shape index (κ1) is 10.5. The Hall–Kier alpha value is -0.540. The molecule has 1 heterocycles. The van der Waals surface area contributed by atoms with Crippen molar-refractivity contribution in [3.63, 3.8) is 0 Å². The van der Waals surface area contributed by atoms with E-state index in [1.165, 1.54) is 11.3 Å². The van der Waals surface area contributed by atoms with Crippen molar-refractivity contribution in [2.75, 3.05) is 0 Å². The summed E-state index contributed by atoms with van der Waals surface area (Å²) in [6.07, 6.45) is 3.11. The zero-order valence-electron chi connectivity index (χ0n) is 7.34. The lowest BCUT2D eigenvalue weighted by atomic mass is 10.2. The van der Waals surface area contributed by atoms with Gasteiger partial charge in [-0.05, 0) is 18.9 Å². The van der Waals surface area contributed by atoms with Crippen molar-refractivity contribution < 1.29 is 9.90 Å². The second kappa shape index (κ2) is 4.63. The third kappa shape index (κ3) is 2.71. The summed E-state index contributed by atoms with van der Waals surface area (Å²) in [5.74, 6) is -0.941. The van der Waals surface area contributed by atoms with Crippen LogP contribution in [0.25, 0.3) is 0 Å². The summed E-state index contributed by atoms with van der Waals surface area (Å²) >= 11 is 7.12. The zero-order valence-corrected chi connectivity index (χ0v) is 8.91. The van der Waals surface area contributed by atoms with Crippen LogP contribution in [0.5, 0.6) is 0 Å². The van der Waals surface area contributed by atoms with Gasteiger partial charge in [0, 0.05) is 4.88 Å². The Balaban J connectivity index is 2.76. The molecule has 0 aromatic carbocycles. The largest absolute Gasteiger partial charge is 0.478 e. The van der Waals surface area contributed by atoms with Crippen LogP contribution in [0.15, 0.2) is 6.07 Å². The van der Waals surface area contributed by atoms with Crippen molar-refractivity contribution in [3.05, 3.63) is 20.8 Å². The summed E-state index contributed by atoms with van der Waals surface area (Å²) in [7, 11) is 0. The molecule has 4 heteroatoms. The fourth-order valence-corrected chi connectivity index (χ4v) is 2.38. The molecule has 2 nitrogen and oxygen atoms in total. The van der Waals surface area contributed by atoms with Crippen LogP contribution in [-0.4, -0.2) is 11.1 Å². The van der Waals surface area contributed by atoms with Crippen molar-refractivity contribution >= 4 is 28.9 Å². The molecule has 1 rings (SSSR count). The molecule has 0 amide bonds. The van der Waals surface area contributed by atoms with Gasteiger partial charge in [-0.3, -0.25) is 0 Å². The quantitative estimate of drug-likeness (QED) is 0.841. The molecule has 1 aromatic heterocycles. The van der Waals surface area contributed by atoms with E-state index in [0.29, 0.717) is 4.34 Å². The number of unbranched alkanes of at least 4 members (excludes halogenated alkanes) is 1. The molecular formula is C9H11ClO2S. The molecule has 72 valence electrons. The van der Waals surface area contributed by atoms with Gasteiger partial charge in [-0.15, -0.1) is 11.3 Å². The van der Waals surface area contributed by atoms with E-state index in [-0.39, 0.29) is 5.56 Å². The van der Waals surface area contributed by atoms with Crippen molar-refractivity contribution in [1.82, 2.24) is 0 Å². The van der Waals surface area contributed by atoms with Gasteiger partial charge in [0.1, 0.15) is 4.34 Å². The lowest BCUT2D eigenvalue weighted by Crippen LogP contribution is -1.93. The van der Waals surface area contributed by atoms with Crippen LogP contribution >= 0.6 is 22.9 Å². The van der Waals surface area contributed by atoms with Crippen molar-refractivity contribution in [3.8, 4) is 0 Å². The van der Waals surface area contributed by atoms with Crippen LogP contribution in [-0.2, 0) is 6.42 Å². The molecule has 13 heavy (non-hydrogen) atoms. The molecule has 1 N–H and O–H groups in total. The number of rotatable bonds is 4. The van der Waals surface area contributed by atoms with Crippen LogP contribution in [0.1, 0.15) is 35.0 Å². The third-order valence-corrected chi connectivity index (χ3v) is 3.16. The molecule has 0 bridgehead atoms. The minimum atomic E-state index is -0.941. The van der Waals surface area contributed by atoms with E-state index in [1.807, 2.05) is 0 Å². The Morgan fingerprint density at radius 2 is 2.38 bits per heavy atom. The summed E-state index contributed by atoms with van der Waals surface area (Å²) in [6.45, 7) is 2.10. The smallest absolute Gasteiger partial charge is 0.338 e. The molecule has 0 saturated carbocycles. The molecule has 0 radical (unpaired) electrons. The molecule has 0 unspecified atom stereocenters. The summed E-state index contributed by atoms with van der Waals surface area (Å²) in [5, 5.41) is 8.73. The summed E-state index contributed by atoms with van der Waals surface area (Å²) < 4.78 is 0.388.